The molecule has 0 radical (unpaired) electrons. The Balaban J connectivity index is 1.71. The predicted molar refractivity (Wildman–Crippen MR) is 124 cm³/mol. The third-order valence-electron chi connectivity index (χ3n) is 6.03. The van der Waals surface area contributed by atoms with E-state index in [0.717, 1.165) is 38.5 Å². The maximum absolute atomic E-state index is 12.3. The first kappa shape index (κ1) is 25.7. The largest absolute Gasteiger partial charge is 0.331 e. The molecule has 34 heavy (non-hydrogen) atoms. The molecule has 0 N–H and O–H groups in total. The van der Waals surface area contributed by atoms with Gasteiger partial charge >= 0.3 is 20.2 Å². The molecule has 0 aromatic heterocycles. The lowest BCUT2D eigenvalue weighted by molar-refractivity contribution is 0.320. The number of rotatable bonds is 8. The van der Waals surface area contributed by atoms with Gasteiger partial charge in [0, 0.05) is 11.1 Å². The van der Waals surface area contributed by atoms with Gasteiger partial charge in [-0.2, -0.15) is 27.4 Å². The van der Waals surface area contributed by atoms with Crippen LogP contribution in [0.3, 0.4) is 0 Å². The Hall–Kier alpha value is -2.96. The number of hydrogen-bond donors (Lipinski definition) is 0. The molecule has 10 nitrogen and oxygen atoms in total. The lowest BCUT2D eigenvalue weighted by atomic mass is 10.0. The van der Waals surface area contributed by atoms with E-state index in [9.17, 15) is 27.4 Å². The SMILES string of the molecule is N#CC(=NOS(=O)(=O)C1CCCCC1)c1ccc(C(C#N)=NOS(=O)(=O)C2CCCCC2)cc1. The summed E-state index contributed by atoms with van der Waals surface area (Å²) < 4.78 is 58.9. The molecule has 1 aromatic carbocycles. The Morgan fingerprint density at radius 2 is 1.00 bits per heavy atom. The maximum Gasteiger partial charge on any atom is 0.331 e. The van der Waals surface area contributed by atoms with E-state index in [1.54, 1.807) is 12.1 Å². The van der Waals surface area contributed by atoms with E-state index in [1.807, 2.05) is 0 Å². The van der Waals surface area contributed by atoms with Crippen LogP contribution in [0.2, 0.25) is 0 Å². The van der Waals surface area contributed by atoms with Crippen molar-refractivity contribution < 1.29 is 25.4 Å². The lowest BCUT2D eigenvalue weighted by Gasteiger charge is -2.19. The number of nitrogens with zero attached hydrogens (tertiary/aromatic N) is 4. The second kappa shape index (κ2) is 11.4. The van der Waals surface area contributed by atoms with Gasteiger partial charge in [-0.25, -0.2) is 0 Å². The van der Waals surface area contributed by atoms with Crippen LogP contribution < -0.4 is 0 Å². The summed E-state index contributed by atoms with van der Waals surface area (Å²) in [5, 5.41) is 24.6. The average molecular weight is 507 g/mol. The van der Waals surface area contributed by atoms with Gasteiger partial charge in [-0.1, -0.05) is 73.1 Å². The van der Waals surface area contributed by atoms with Gasteiger partial charge in [0.15, 0.2) is 11.4 Å². The molecule has 0 heterocycles. The standard InChI is InChI=1S/C22H26N4O6S2/c23-15-21(25-31-33(27,28)19-7-3-1-4-8-19)17-11-13-18(14-12-17)22(16-24)26-32-34(29,30)20-9-5-2-6-10-20/h11-14,19-20H,1-10H2. The van der Waals surface area contributed by atoms with Crippen molar-refractivity contribution in [3.63, 3.8) is 0 Å². The van der Waals surface area contributed by atoms with Crippen LogP contribution in [0.5, 0.6) is 0 Å². The minimum Gasteiger partial charge on any atom is -0.267 e. The molecule has 12 heteroatoms. The normalized spacial score (nSPS) is 19.1. The smallest absolute Gasteiger partial charge is 0.267 e. The molecule has 2 fully saturated rings. The highest BCUT2D eigenvalue weighted by Crippen LogP contribution is 2.26. The van der Waals surface area contributed by atoms with Gasteiger partial charge in [-0.3, -0.25) is 8.57 Å². The highest BCUT2D eigenvalue weighted by Gasteiger charge is 2.30. The second-order valence-electron chi connectivity index (χ2n) is 8.34. The molecule has 2 aliphatic rings. The molecule has 0 saturated heterocycles. The molecule has 0 amide bonds. The molecule has 0 bridgehead atoms. The van der Waals surface area contributed by atoms with Crippen LogP contribution >= 0.6 is 0 Å². The highest BCUT2D eigenvalue weighted by atomic mass is 32.2. The van der Waals surface area contributed by atoms with Crippen LogP contribution in [0, 0.1) is 22.7 Å². The van der Waals surface area contributed by atoms with Gasteiger partial charge in [-0.15, -0.1) is 0 Å². The Morgan fingerprint density at radius 1 is 0.676 bits per heavy atom. The number of benzene rings is 1. The summed E-state index contributed by atoms with van der Waals surface area (Å²) in [6.45, 7) is 0. The fraction of sp³-hybridized carbons (Fsp3) is 0.545. The number of nitriles is 2. The minimum atomic E-state index is -3.93. The van der Waals surface area contributed by atoms with Crippen molar-refractivity contribution in [2.24, 2.45) is 10.3 Å². The van der Waals surface area contributed by atoms with Gasteiger partial charge in [-0.05, 0) is 25.7 Å². The third-order valence-corrected chi connectivity index (χ3v) is 9.17. The van der Waals surface area contributed by atoms with Crippen molar-refractivity contribution in [1.82, 2.24) is 0 Å². The molecule has 0 unspecified atom stereocenters. The summed E-state index contributed by atoms with van der Waals surface area (Å²) >= 11 is 0. The van der Waals surface area contributed by atoms with E-state index in [4.69, 9.17) is 8.57 Å². The summed E-state index contributed by atoms with van der Waals surface area (Å²) in [4.78, 5) is 0. The zero-order chi connectivity index (χ0) is 24.6. The molecular weight excluding hydrogens is 480 g/mol. The molecule has 0 atom stereocenters. The fourth-order valence-corrected chi connectivity index (χ4v) is 6.49. The van der Waals surface area contributed by atoms with Crippen LogP contribution in [-0.2, 0) is 28.8 Å². The quantitative estimate of drug-likeness (QED) is 0.382. The van der Waals surface area contributed by atoms with Gasteiger partial charge in [0.1, 0.15) is 12.1 Å². The fourth-order valence-electron chi connectivity index (χ4n) is 4.07. The van der Waals surface area contributed by atoms with Crippen LogP contribution in [0.4, 0.5) is 0 Å². The Kier molecular flexibility index (Phi) is 8.64. The van der Waals surface area contributed by atoms with Gasteiger partial charge < -0.3 is 0 Å². The molecule has 3 rings (SSSR count). The molecule has 182 valence electrons. The first-order valence-electron chi connectivity index (χ1n) is 11.2. The molecule has 2 aliphatic carbocycles. The van der Waals surface area contributed by atoms with Crippen molar-refractivity contribution in [2.75, 3.05) is 0 Å². The van der Waals surface area contributed by atoms with Gasteiger partial charge in [0.05, 0.1) is 10.5 Å². The Bertz CT molecular complexity index is 1120. The van der Waals surface area contributed by atoms with Crippen LogP contribution in [0.1, 0.15) is 75.3 Å². The second-order valence-corrected chi connectivity index (χ2v) is 11.9. The van der Waals surface area contributed by atoms with Crippen molar-refractivity contribution >= 4 is 31.7 Å². The van der Waals surface area contributed by atoms with E-state index in [0.29, 0.717) is 25.7 Å². The minimum absolute atomic E-state index is 0.252. The average Bonchev–Trinajstić information content (AvgIpc) is 2.86. The molecular formula is C22H26N4O6S2. The molecule has 2 saturated carbocycles. The first-order valence-corrected chi connectivity index (χ1v) is 14.1. The summed E-state index contributed by atoms with van der Waals surface area (Å²) in [7, 11) is -7.85. The van der Waals surface area contributed by atoms with E-state index in [2.05, 4.69) is 10.3 Å². The van der Waals surface area contributed by atoms with Crippen LogP contribution in [0.25, 0.3) is 0 Å². The van der Waals surface area contributed by atoms with Crippen molar-refractivity contribution in [2.45, 2.75) is 74.7 Å². The zero-order valence-electron chi connectivity index (χ0n) is 18.6. The van der Waals surface area contributed by atoms with Gasteiger partial charge in [0.2, 0.25) is 0 Å². The Labute approximate surface area is 200 Å². The molecule has 1 aromatic rings. The predicted octanol–water partition coefficient (Wildman–Crippen LogP) is 3.50. The Morgan fingerprint density at radius 3 is 1.29 bits per heavy atom. The summed E-state index contributed by atoms with van der Waals surface area (Å²) in [5.74, 6) is 0. The molecule has 0 spiro atoms. The zero-order valence-corrected chi connectivity index (χ0v) is 20.2. The number of hydrogen-bond acceptors (Lipinski definition) is 10. The third kappa shape index (κ3) is 6.55. The maximum atomic E-state index is 12.3. The van der Waals surface area contributed by atoms with Gasteiger partial charge in [0.25, 0.3) is 0 Å². The summed E-state index contributed by atoms with van der Waals surface area (Å²) in [6, 6.07) is 9.31. The monoisotopic (exact) mass is 506 g/mol. The lowest BCUT2D eigenvalue weighted by Crippen LogP contribution is -2.25. The van der Waals surface area contributed by atoms with E-state index in [1.165, 1.54) is 24.3 Å². The first-order chi connectivity index (χ1) is 16.3. The summed E-state index contributed by atoms with van der Waals surface area (Å²) in [5.41, 5.74) is 0.0197. The molecule has 0 aliphatic heterocycles. The van der Waals surface area contributed by atoms with Crippen molar-refractivity contribution in [1.29, 1.82) is 10.5 Å². The topological polar surface area (TPSA) is 159 Å². The van der Waals surface area contributed by atoms with E-state index >= 15 is 0 Å². The highest BCUT2D eigenvalue weighted by molar-refractivity contribution is 7.87. The van der Waals surface area contributed by atoms with Crippen LogP contribution in [-0.4, -0.2) is 38.8 Å². The van der Waals surface area contributed by atoms with Crippen LogP contribution in [0.15, 0.2) is 34.6 Å². The van der Waals surface area contributed by atoms with Crippen molar-refractivity contribution in [3.8, 4) is 12.1 Å². The summed E-state index contributed by atoms with van der Waals surface area (Å²) in [6.07, 6.45) is 7.19. The van der Waals surface area contributed by atoms with Crippen molar-refractivity contribution in [3.05, 3.63) is 35.4 Å². The number of oxime groups is 2. The van der Waals surface area contributed by atoms with E-state index < -0.39 is 30.7 Å². The van der Waals surface area contributed by atoms with E-state index in [-0.39, 0.29) is 22.6 Å².